The maximum absolute atomic E-state index is 6.66. The summed E-state index contributed by atoms with van der Waals surface area (Å²) in [4.78, 5) is 1.27. The molecule has 0 spiro atoms. The van der Waals surface area contributed by atoms with Crippen molar-refractivity contribution in [3.8, 4) is 5.75 Å². The normalized spacial score (nSPS) is 19.4. The van der Waals surface area contributed by atoms with Crippen molar-refractivity contribution in [1.82, 2.24) is 0 Å². The van der Waals surface area contributed by atoms with Gasteiger partial charge in [0.15, 0.2) is 0 Å². The summed E-state index contributed by atoms with van der Waals surface area (Å²) in [5.74, 6) is 1.21. The summed E-state index contributed by atoms with van der Waals surface area (Å²) < 4.78 is 6.84. The van der Waals surface area contributed by atoms with Gasteiger partial charge < -0.3 is 4.74 Å². The predicted octanol–water partition coefficient (Wildman–Crippen LogP) is 5.28. The number of para-hydroxylation sites is 1. The molecular formula is C14H12BrClOS. The SMILES string of the molecule is Cc1sc(Br)cc1C(Cl)C1COc2ccccc21. The Morgan fingerprint density at radius 2 is 2.22 bits per heavy atom. The van der Waals surface area contributed by atoms with E-state index in [9.17, 15) is 0 Å². The first kappa shape index (κ1) is 12.5. The lowest BCUT2D eigenvalue weighted by Crippen LogP contribution is -2.08. The molecule has 4 heteroatoms. The zero-order valence-electron chi connectivity index (χ0n) is 9.82. The molecule has 2 unspecified atom stereocenters. The Morgan fingerprint density at radius 3 is 2.94 bits per heavy atom. The zero-order chi connectivity index (χ0) is 12.7. The average molecular weight is 344 g/mol. The van der Waals surface area contributed by atoms with Crippen LogP contribution >= 0.6 is 38.9 Å². The number of thiophene rings is 1. The smallest absolute Gasteiger partial charge is 0.122 e. The molecule has 1 aliphatic rings. The number of alkyl halides is 1. The Labute approximate surface area is 124 Å². The van der Waals surface area contributed by atoms with Crippen LogP contribution in [0.1, 0.15) is 27.3 Å². The Bertz CT molecular complexity index is 581. The number of ether oxygens (including phenoxy) is 1. The van der Waals surface area contributed by atoms with Crippen molar-refractivity contribution in [2.24, 2.45) is 0 Å². The molecule has 0 amide bonds. The van der Waals surface area contributed by atoms with Crippen molar-refractivity contribution in [2.75, 3.05) is 6.61 Å². The molecule has 0 saturated carbocycles. The van der Waals surface area contributed by atoms with E-state index >= 15 is 0 Å². The van der Waals surface area contributed by atoms with E-state index in [1.807, 2.05) is 18.2 Å². The van der Waals surface area contributed by atoms with Gasteiger partial charge in [-0.1, -0.05) is 18.2 Å². The molecule has 0 radical (unpaired) electrons. The molecule has 2 aromatic rings. The second-order valence-corrected chi connectivity index (χ2v) is 7.52. The molecule has 0 bridgehead atoms. The molecule has 1 aromatic carbocycles. The van der Waals surface area contributed by atoms with Gasteiger partial charge in [0.05, 0.1) is 15.8 Å². The van der Waals surface area contributed by atoms with Gasteiger partial charge in [-0.2, -0.15) is 0 Å². The van der Waals surface area contributed by atoms with Gasteiger partial charge in [0.2, 0.25) is 0 Å². The third kappa shape index (κ3) is 2.09. The molecule has 1 aliphatic heterocycles. The van der Waals surface area contributed by atoms with Crippen LogP contribution in [0, 0.1) is 6.92 Å². The average Bonchev–Trinajstić information content (AvgIpc) is 2.92. The lowest BCUT2D eigenvalue weighted by Gasteiger charge is -2.16. The fourth-order valence-corrected chi connectivity index (χ4v) is 4.64. The molecule has 18 heavy (non-hydrogen) atoms. The largest absolute Gasteiger partial charge is 0.493 e. The highest BCUT2D eigenvalue weighted by molar-refractivity contribution is 9.11. The Morgan fingerprint density at radius 1 is 1.44 bits per heavy atom. The van der Waals surface area contributed by atoms with Gasteiger partial charge in [-0.25, -0.2) is 0 Å². The summed E-state index contributed by atoms with van der Waals surface area (Å²) in [5.41, 5.74) is 2.43. The van der Waals surface area contributed by atoms with E-state index in [4.69, 9.17) is 16.3 Å². The molecule has 0 saturated heterocycles. The van der Waals surface area contributed by atoms with E-state index < -0.39 is 0 Å². The number of hydrogen-bond acceptors (Lipinski definition) is 2. The molecule has 3 rings (SSSR count). The third-order valence-corrected chi connectivity index (χ3v) is 5.42. The summed E-state index contributed by atoms with van der Waals surface area (Å²) in [7, 11) is 0. The van der Waals surface area contributed by atoms with Crippen molar-refractivity contribution in [2.45, 2.75) is 18.2 Å². The van der Waals surface area contributed by atoms with Crippen LogP contribution < -0.4 is 4.74 Å². The predicted molar refractivity (Wildman–Crippen MR) is 80.0 cm³/mol. The van der Waals surface area contributed by atoms with Gasteiger partial charge in [-0.05, 0) is 40.5 Å². The monoisotopic (exact) mass is 342 g/mol. The third-order valence-electron chi connectivity index (χ3n) is 3.31. The molecule has 1 nitrogen and oxygen atoms in total. The lowest BCUT2D eigenvalue weighted by atomic mass is 9.93. The highest BCUT2D eigenvalue weighted by Crippen LogP contribution is 2.46. The van der Waals surface area contributed by atoms with Gasteiger partial charge in [-0.3, -0.25) is 0 Å². The van der Waals surface area contributed by atoms with E-state index in [1.165, 1.54) is 16.0 Å². The Balaban J connectivity index is 1.95. The second kappa shape index (κ2) is 4.87. The summed E-state index contributed by atoms with van der Waals surface area (Å²) in [5, 5.41) is -0.0313. The minimum absolute atomic E-state index is 0.0313. The minimum atomic E-state index is -0.0313. The van der Waals surface area contributed by atoms with E-state index in [-0.39, 0.29) is 11.3 Å². The number of fused-ring (bicyclic) bond motifs is 1. The van der Waals surface area contributed by atoms with Crippen LogP contribution in [0.3, 0.4) is 0 Å². The van der Waals surface area contributed by atoms with Crippen molar-refractivity contribution in [3.05, 3.63) is 50.1 Å². The van der Waals surface area contributed by atoms with Crippen LogP contribution in [0.15, 0.2) is 34.1 Å². The number of halogens is 2. The summed E-state index contributed by atoms with van der Waals surface area (Å²) in [6.07, 6.45) is 0. The van der Waals surface area contributed by atoms with Crippen molar-refractivity contribution < 1.29 is 4.74 Å². The first-order valence-electron chi connectivity index (χ1n) is 5.78. The van der Waals surface area contributed by atoms with E-state index in [0.717, 1.165) is 9.54 Å². The molecule has 0 aliphatic carbocycles. The second-order valence-electron chi connectivity index (χ2n) is 4.42. The quantitative estimate of drug-likeness (QED) is 0.674. The fourth-order valence-electron chi connectivity index (χ4n) is 2.38. The maximum Gasteiger partial charge on any atom is 0.122 e. The molecule has 0 fully saturated rings. The zero-order valence-corrected chi connectivity index (χ0v) is 13.0. The lowest BCUT2D eigenvalue weighted by molar-refractivity contribution is 0.328. The van der Waals surface area contributed by atoms with E-state index in [0.29, 0.717) is 6.61 Å². The highest BCUT2D eigenvalue weighted by atomic mass is 79.9. The number of rotatable bonds is 2. The number of benzene rings is 1. The van der Waals surface area contributed by atoms with Crippen LogP contribution in [0.4, 0.5) is 0 Å². The van der Waals surface area contributed by atoms with Crippen LogP contribution in [0.5, 0.6) is 5.75 Å². The molecule has 2 atom stereocenters. The minimum Gasteiger partial charge on any atom is -0.493 e. The molecule has 0 N–H and O–H groups in total. The standard InChI is InChI=1S/C14H12BrClOS/c1-8-10(6-13(15)18-8)14(16)11-7-17-12-5-3-2-4-9(11)12/h2-6,11,14H,7H2,1H3. The highest BCUT2D eigenvalue weighted by Gasteiger charge is 2.32. The number of hydrogen-bond donors (Lipinski definition) is 0. The van der Waals surface area contributed by atoms with Crippen molar-refractivity contribution in [3.63, 3.8) is 0 Å². The van der Waals surface area contributed by atoms with Crippen LogP contribution in [0.25, 0.3) is 0 Å². The topological polar surface area (TPSA) is 9.23 Å². The summed E-state index contributed by atoms with van der Waals surface area (Å²) in [6, 6.07) is 10.3. The molecule has 1 aromatic heterocycles. The van der Waals surface area contributed by atoms with Crippen LogP contribution in [-0.2, 0) is 0 Å². The summed E-state index contributed by atoms with van der Waals surface area (Å²) >= 11 is 11.9. The van der Waals surface area contributed by atoms with Gasteiger partial charge in [0, 0.05) is 16.4 Å². The van der Waals surface area contributed by atoms with Gasteiger partial charge in [-0.15, -0.1) is 22.9 Å². The van der Waals surface area contributed by atoms with Gasteiger partial charge in [0.1, 0.15) is 5.75 Å². The van der Waals surface area contributed by atoms with Crippen LogP contribution in [0.2, 0.25) is 0 Å². The summed E-state index contributed by atoms with van der Waals surface area (Å²) in [6.45, 7) is 2.78. The molecular weight excluding hydrogens is 332 g/mol. The van der Waals surface area contributed by atoms with E-state index in [2.05, 4.69) is 35.0 Å². The Kier molecular flexibility index (Phi) is 3.39. The van der Waals surface area contributed by atoms with Crippen LogP contribution in [-0.4, -0.2) is 6.61 Å². The molecule has 2 heterocycles. The Hall–Kier alpha value is -0.510. The van der Waals surface area contributed by atoms with E-state index in [1.54, 1.807) is 11.3 Å². The fraction of sp³-hybridized carbons (Fsp3) is 0.286. The van der Waals surface area contributed by atoms with Crippen molar-refractivity contribution >= 4 is 38.9 Å². The number of aryl methyl sites for hydroxylation is 1. The van der Waals surface area contributed by atoms with Crippen molar-refractivity contribution in [1.29, 1.82) is 0 Å². The first-order chi connectivity index (χ1) is 8.66. The van der Waals surface area contributed by atoms with Gasteiger partial charge >= 0.3 is 0 Å². The first-order valence-corrected chi connectivity index (χ1v) is 7.83. The van der Waals surface area contributed by atoms with Gasteiger partial charge in [0.25, 0.3) is 0 Å². The maximum atomic E-state index is 6.66. The molecule has 94 valence electrons.